The lowest BCUT2D eigenvalue weighted by Crippen LogP contribution is -2.05. The first-order valence-corrected chi connectivity index (χ1v) is 5.13. The van der Waals surface area contributed by atoms with Gasteiger partial charge in [0.05, 0.1) is 0 Å². The second kappa shape index (κ2) is 5.09. The topological polar surface area (TPSA) is 49.8 Å². The minimum absolute atomic E-state index is 0.0119. The first kappa shape index (κ1) is 13.1. The minimum atomic E-state index is -1.52. The summed E-state index contributed by atoms with van der Waals surface area (Å²) in [5.74, 6) is -5.87. The first-order valence-electron chi connectivity index (χ1n) is 5.13. The molecule has 8 heteroatoms. The van der Waals surface area contributed by atoms with Crippen LogP contribution in [0.2, 0.25) is 0 Å². The fourth-order valence-electron chi connectivity index (χ4n) is 1.36. The Bertz CT molecular complexity index is 592. The van der Waals surface area contributed by atoms with Crippen molar-refractivity contribution in [1.29, 1.82) is 0 Å². The summed E-state index contributed by atoms with van der Waals surface area (Å²) in [6.07, 6.45) is 1.31. The average molecular weight is 272 g/mol. The predicted molar refractivity (Wildman–Crippen MR) is 61.1 cm³/mol. The number of hydrogen-bond donors (Lipinski definition) is 2. The Kier molecular flexibility index (Phi) is 3.50. The number of nitrogens with one attached hydrogen (secondary N) is 2. The third-order valence-corrected chi connectivity index (χ3v) is 2.24. The molecule has 2 rings (SSSR count). The Balaban J connectivity index is 2.43. The highest BCUT2D eigenvalue weighted by Crippen LogP contribution is 2.26. The molecule has 0 saturated heterocycles. The van der Waals surface area contributed by atoms with E-state index in [2.05, 4.69) is 20.6 Å². The van der Waals surface area contributed by atoms with Crippen LogP contribution >= 0.6 is 0 Å². The van der Waals surface area contributed by atoms with Crippen LogP contribution in [0, 0.1) is 23.3 Å². The summed E-state index contributed by atoms with van der Waals surface area (Å²) in [6.45, 7) is 0. The van der Waals surface area contributed by atoms with Crippen molar-refractivity contribution in [2.45, 2.75) is 0 Å². The maximum Gasteiger partial charge on any atom is 0.224 e. The second-order valence-electron chi connectivity index (χ2n) is 3.48. The number of nitrogens with zero attached hydrogens (tertiary/aromatic N) is 2. The van der Waals surface area contributed by atoms with Crippen molar-refractivity contribution in [3.8, 4) is 0 Å². The normalized spacial score (nSPS) is 10.4. The molecule has 0 spiro atoms. The van der Waals surface area contributed by atoms with E-state index in [1.54, 1.807) is 7.05 Å². The molecule has 0 aliphatic rings. The summed E-state index contributed by atoms with van der Waals surface area (Å²) in [4.78, 5) is 7.60. The van der Waals surface area contributed by atoms with Crippen LogP contribution in [0.5, 0.6) is 0 Å². The van der Waals surface area contributed by atoms with Crippen LogP contribution in [0.25, 0.3) is 0 Å². The van der Waals surface area contributed by atoms with Crippen LogP contribution in [0.4, 0.5) is 35.0 Å². The SMILES string of the molecule is CNc1nccc(Nc2c(F)c(F)cc(F)c2F)n1. The molecule has 0 radical (unpaired) electrons. The summed E-state index contributed by atoms with van der Waals surface area (Å²) in [5, 5.41) is 4.78. The third-order valence-electron chi connectivity index (χ3n) is 2.24. The molecule has 19 heavy (non-hydrogen) atoms. The lowest BCUT2D eigenvalue weighted by Gasteiger charge is -2.09. The maximum atomic E-state index is 13.4. The van der Waals surface area contributed by atoms with E-state index in [0.29, 0.717) is 0 Å². The molecule has 0 saturated carbocycles. The second-order valence-corrected chi connectivity index (χ2v) is 3.48. The lowest BCUT2D eigenvalue weighted by atomic mass is 10.2. The van der Waals surface area contributed by atoms with Gasteiger partial charge in [0.15, 0.2) is 23.3 Å². The van der Waals surface area contributed by atoms with Crippen molar-refractivity contribution < 1.29 is 17.6 Å². The summed E-state index contributed by atoms with van der Waals surface area (Å²) >= 11 is 0. The van der Waals surface area contributed by atoms with E-state index in [4.69, 9.17) is 0 Å². The fraction of sp³-hybridized carbons (Fsp3) is 0.0909. The Morgan fingerprint density at radius 2 is 1.68 bits per heavy atom. The largest absolute Gasteiger partial charge is 0.357 e. The number of hydrogen-bond acceptors (Lipinski definition) is 4. The van der Waals surface area contributed by atoms with E-state index in [-0.39, 0.29) is 17.8 Å². The van der Waals surface area contributed by atoms with E-state index >= 15 is 0 Å². The van der Waals surface area contributed by atoms with E-state index in [0.717, 1.165) is 0 Å². The number of anilines is 3. The predicted octanol–water partition coefficient (Wildman–Crippen LogP) is 2.82. The standard InChI is InChI=1S/C11H8F4N4/c1-16-11-17-3-2-7(19-11)18-10-8(14)5(12)4-6(13)9(10)15/h2-4H,1H3,(H2,16,17,18,19). The van der Waals surface area contributed by atoms with Gasteiger partial charge in [-0.25, -0.2) is 22.5 Å². The molecular weight excluding hydrogens is 264 g/mol. The number of halogens is 4. The first-order chi connectivity index (χ1) is 9.02. The zero-order valence-corrected chi connectivity index (χ0v) is 9.64. The number of aromatic nitrogens is 2. The van der Waals surface area contributed by atoms with E-state index in [1.165, 1.54) is 12.3 Å². The molecule has 100 valence electrons. The monoisotopic (exact) mass is 272 g/mol. The van der Waals surface area contributed by atoms with Gasteiger partial charge in [-0.3, -0.25) is 0 Å². The molecule has 0 fully saturated rings. The smallest absolute Gasteiger partial charge is 0.224 e. The zero-order valence-electron chi connectivity index (χ0n) is 9.64. The van der Waals surface area contributed by atoms with Crippen LogP contribution in [0.3, 0.4) is 0 Å². The van der Waals surface area contributed by atoms with Crippen molar-refractivity contribution in [3.05, 3.63) is 41.6 Å². The summed E-state index contributed by atoms with van der Waals surface area (Å²) in [7, 11) is 1.54. The molecule has 0 amide bonds. The molecule has 2 aromatic rings. The Morgan fingerprint density at radius 1 is 1.05 bits per heavy atom. The summed E-state index contributed by atoms with van der Waals surface area (Å²) in [5.41, 5.74) is -0.946. The number of benzene rings is 1. The van der Waals surface area contributed by atoms with Crippen molar-refractivity contribution in [1.82, 2.24) is 9.97 Å². The van der Waals surface area contributed by atoms with Gasteiger partial charge >= 0.3 is 0 Å². The minimum Gasteiger partial charge on any atom is -0.357 e. The van der Waals surface area contributed by atoms with E-state index in [9.17, 15) is 17.6 Å². The maximum absolute atomic E-state index is 13.4. The Morgan fingerprint density at radius 3 is 2.26 bits per heavy atom. The molecule has 1 aromatic heterocycles. The lowest BCUT2D eigenvalue weighted by molar-refractivity contribution is 0.459. The molecule has 0 bridgehead atoms. The van der Waals surface area contributed by atoms with Gasteiger partial charge < -0.3 is 10.6 Å². The van der Waals surface area contributed by atoms with Gasteiger partial charge in [0.2, 0.25) is 5.95 Å². The van der Waals surface area contributed by atoms with Crippen molar-refractivity contribution in [2.75, 3.05) is 17.7 Å². The van der Waals surface area contributed by atoms with Crippen molar-refractivity contribution in [2.24, 2.45) is 0 Å². The molecule has 4 nitrogen and oxygen atoms in total. The van der Waals surface area contributed by atoms with Gasteiger partial charge in [0.1, 0.15) is 11.5 Å². The van der Waals surface area contributed by atoms with Gasteiger partial charge in [-0.15, -0.1) is 0 Å². The van der Waals surface area contributed by atoms with Crippen LogP contribution in [-0.2, 0) is 0 Å². The highest BCUT2D eigenvalue weighted by atomic mass is 19.2. The molecule has 2 N–H and O–H groups in total. The van der Waals surface area contributed by atoms with E-state index < -0.39 is 29.0 Å². The van der Waals surface area contributed by atoms with Crippen LogP contribution < -0.4 is 10.6 Å². The van der Waals surface area contributed by atoms with Gasteiger partial charge in [0.25, 0.3) is 0 Å². The third kappa shape index (κ3) is 2.56. The molecule has 0 unspecified atom stereocenters. The van der Waals surface area contributed by atoms with Gasteiger partial charge in [-0.2, -0.15) is 4.98 Å². The Hall–Kier alpha value is -2.38. The van der Waals surface area contributed by atoms with Crippen LogP contribution in [0.15, 0.2) is 18.3 Å². The number of rotatable bonds is 3. The summed E-state index contributed by atoms with van der Waals surface area (Å²) < 4.78 is 52.8. The quantitative estimate of drug-likeness (QED) is 0.666. The van der Waals surface area contributed by atoms with Crippen molar-refractivity contribution in [3.63, 3.8) is 0 Å². The van der Waals surface area contributed by atoms with Crippen molar-refractivity contribution >= 4 is 17.5 Å². The molecule has 0 aliphatic carbocycles. The molecule has 1 aromatic carbocycles. The van der Waals surface area contributed by atoms with Gasteiger partial charge in [-0.1, -0.05) is 0 Å². The Labute approximate surface area is 105 Å². The van der Waals surface area contributed by atoms with Gasteiger partial charge in [-0.05, 0) is 6.07 Å². The fourth-order valence-corrected chi connectivity index (χ4v) is 1.36. The van der Waals surface area contributed by atoms with Gasteiger partial charge in [0, 0.05) is 19.3 Å². The van der Waals surface area contributed by atoms with E-state index in [1.807, 2.05) is 0 Å². The van der Waals surface area contributed by atoms with Crippen LogP contribution in [-0.4, -0.2) is 17.0 Å². The van der Waals surface area contributed by atoms with Crippen LogP contribution in [0.1, 0.15) is 0 Å². The highest BCUT2D eigenvalue weighted by Gasteiger charge is 2.19. The molecular formula is C11H8F4N4. The molecule has 0 aliphatic heterocycles. The zero-order chi connectivity index (χ0) is 14.0. The molecule has 1 heterocycles. The average Bonchev–Trinajstić information content (AvgIpc) is 2.41. The summed E-state index contributed by atoms with van der Waals surface area (Å²) in [6, 6.07) is 1.43. The molecule has 0 atom stereocenters. The highest BCUT2D eigenvalue weighted by molar-refractivity contribution is 5.58.